The Morgan fingerprint density at radius 2 is 1.81 bits per heavy atom. The molecule has 0 aliphatic rings. The summed E-state index contributed by atoms with van der Waals surface area (Å²) in [4.78, 5) is 12.3. The third-order valence-corrected chi connectivity index (χ3v) is 4.11. The van der Waals surface area contributed by atoms with E-state index in [1.165, 1.54) is 0 Å². The van der Waals surface area contributed by atoms with Crippen molar-refractivity contribution in [3.05, 3.63) is 54.1 Å². The minimum absolute atomic E-state index is 0.0655. The molecule has 0 aliphatic heterocycles. The summed E-state index contributed by atoms with van der Waals surface area (Å²) >= 11 is 0. The molecule has 2 aromatic carbocycles. The Hall–Kier alpha value is -2.49. The van der Waals surface area contributed by atoms with Crippen molar-refractivity contribution in [1.82, 2.24) is 0 Å². The van der Waals surface area contributed by atoms with Crippen LogP contribution in [-0.4, -0.2) is 19.1 Å². The molecule has 0 saturated carbocycles. The molecule has 4 nitrogen and oxygen atoms in total. The number of hydrogen-bond donors (Lipinski definition) is 2. The highest BCUT2D eigenvalue weighted by Crippen LogP contribution is 2.23. The van der Waals surface area contributed by atoms with Gasteiger partial charge in [-0.05, 0) is 42.0 Å². The Morgan fingerprint density at radius 3 is 2.54 bits per heavy atom. The lowest BCUT2D eigenvalue weighted by Gasteiger charge is -2.14. The summed E-state index contributed by atoms with van der Waals surface area (Å²) in [7, 11) is 0. The van der Waals surface area contributed by atoms with Gasteiger partial charge in [0.05, 0.1) is 13.2 Å². The summed E-state index contributed by atoms with van der Waals surface area (Å²) in [5, 5.41) is 6.15. The van der Waals surface area contributed by atoms with Gasteiger partial charge < -0.3 is 15.4 Å². The largest absolute Gasteiger partial charge is 0.494 e. The van der Waals surface area contributed by atoms with E-state index in [9.17, 15) is 4.79 Å². The number of ether oxygens (including phenoxy) is 1. The van der Waals surface area contributed by atoms with Crippen LogP contribution in [0.2, 0.25) is 0 Å². The molecule has 2 N–H and O–H groups in total. The SMILES string of the molecule is CC(C)CCOc1cccc(NCC(=O)Nc2ccccc2C(C)C)c1. The van der Waals surface area contributed by atoms with Crippen molar-refractivity contribution in [2.45, 2.75) is 40.0 Å². The molecule has 140 valence electrons. The molecule has 0 heterocycles. The third kappa shape index (κ3) is 6.43. The fourth-order valence-electron chi connectivity index (χ4n) is 2.60. The lowest BCUT2D eigenvalue weighted by atomic mass is 10.0. The lowest BCUT2D eigenvalue weighted by Crippen LogP contribution is -2.22. The zero-order valence-electron chi connectivity index (χ0n) is 16.2. The van der Waals surface area contributed by atoms with E-state index in [0.717, 1.165) is 29.1 Å². The van der Waals surface area contributed by atoms with Gasteiger partial charge in [-0.1, -0.05) is 52.0 Å². The maximum absolute atomic E-state index is 12.3. The first-order valence-corrected chi connectivity index (χ1v) is 9.31. The van der Waals surface area contributed by atoms with Gasteiger partial charge in [0, 0.05) is 17.4 Å². The van der Waals surface area contributed by atoms with Crippen LogP contribution in [0.3, 0.4) is 0 Å². The minimum Gasteiger partial charge on any atom is -0.494 e. The zero-order chi connectivity index (χ0) is 18.9. The van der Waals surface area contributed by atoms with Crippen LogP contribution < -0.4 is 15.4 Å². The second-order valence-electron chi connectivity index (χ2n) is 7.20. The Balaban J connectivity index is 1.88. The molecular formula is C22H30N2O2. The molecule has 0 saturated heterocycles. The van der Waals surface area contributed by atoms with E-state index in [-0.39, 0.29) is 12.5 Å². The van der Waals surface area contributed by atoms with Crippen molar-refractivity contribution in [1.29, 1.82) is 0 Å². The first-order valence-electron chi connectivity index (χ1n) is 9.31. The fourth-order valence-corrected chi connectivity index (χ4v) is 2.60. The van der Waals surface area contributed by atoms with Crippen molar-refractivity contribution in [3.8, 4) is 5.75 Å². The van der Waals surface area contributed by atoms with Gasteiger partial charge in [-0.2, -0.15) is 0 Å². The zero-order valence-corrected chi connectivity index (χ0v) is 16.2. The van der Waals surface area contributed by atoms with E-state index in [4.69, 9.17) is 4.74 Å². The Kier molecular flexibility index (Phi) is 7.52. The molecule has 2 aromatic rings. The first kappa shape index (κ1) is 19.8. The maximum Gasteiger partial charge on any atom is 0.243 e. The molecule has 2 rings (SSSR count). The number of para-hydroxylation sites is 1. The molecule has 0 bridgehead atoms. The van der Waals surface area contributed by atoms with Crippen LogP contribution in [0, 0.1) is 5.92 Å². The van der Waals surface area contributed by atoms with Gasteiger partial charge in [-0.25, -0.2) is 0 Å². The second kappa shape index (κ2) is 9.85. The van der Waals surface area contributed by atoms with E-state index >= 15 is 0 Å². The van der Waals surface area contributed by atoms with E-state index in [2.05, 4.69) is 38.3 Å². The highest BCUT2D eigenvalue weighted by Gasteiger charge is 2.09. The molecule has 0 aliphatic carbocycles. The van der Waals surface area contributed by atoms with E-state index in [1.807, 2.05) is 48.5 Å². The van der Waals surface area contributed by atoms with Crippen LogP contribution in [0.15, 0.2) is 48.5 Å². The highest BCUT2D eigenvalue weighted by molar-refractivity contribution is 5.94. The summed E-state index contributed by atoms with van der Waals surface area (Å²) in [6, 6.07) is 15.6. The molecule has 1 amide bonds. The monoisotopic (exact) mass is 354 g/mol. The predicted octanol–water partition coefficient (Wildman–Crippen LogP) is 5.29. The Bertz CT molecular complexity index is 711. The van der Waals surface area contributed by atoms with Crippen molar-refractivity contribution >= 4 is 17.3 Å². The van der Waals surface area contributed by atoms with Crippen molar-refractivity contribution in [3.63, 3.8) is 0 Å². The summed E-state index contributed by atoms with van der Waals surface area (Å²) in [6.45, 7) is 9.51. The van der Waals surface area contributed by atoms with Crippen LogP contribution in [-0.2, 0) is 4.79 Å². The first-order chi connectivity index (χ1) is 12.5. The topological polar surface area (TPSA) is 50.4 Å². The standard InChI is InChI=1S/C22H30N2O2/c1-16(2)12-13-26-19-9-7-8-18(14-19)23-15-22(25)24-21-11-6-5-10-20(21)17(3)4/h5-11,14,16-17,23H,12-13,15H2,1-4H3,(H,24,25). The second-order valence-corrected chi connectivity index (χ2v) is 7.20. The van der Waals surface area contributed by atoms with E-state index in [1.54, 1.807) is 0 Å². The third-order valence-electron chi connectivity index (χ3n) is 4.11. The van der Waals surface area contributed by atoms with Crippen molar-refractivity contribution in [2.24, 2.45) is 5.92 Å². The van der Waals surface area contributed by atoms with Gasteiger partial charge in [-0.15, -0.1) is 0 Å². The van der Waals surface area contributed by atoms with Crippen LogP contribution in [0.25, 0.3) is 0 Å². The number of amides is 1. The fraction of sp³-hybridized carbons (Fsp3) is 0.409. The molecule has 0 atom stereocenters. The van der Waals surface area contributed by atoms with Gasteiger partial charge in [0.1, 0.15) is 5.75 Å². The number of anilines is 2. The molecule has 4 heteroatoms. The van der Waals surface area contributed by atoms with Crippen molar-refractivity contribution < 1.29 is 9.53 Å². The van der Waals surface area contributed by atoms with Crippen LogP contribution in [0.1, 0.15) is 45.6 Å². The number of hydrogen-bond acceptors (Lipinski definition) is 3. The number of carbonyl (C=O) groups excluding carboxylic acids is 1. The van der Waals surface area contributed by atoms with E-state index in [0.29, 0.717) is 18.4 Å². The predicted molar refractivity (Wildman–Crippen MR) is 109 cm³/mol. The number of carbonyl (C=O) groups is 1. The summed E-state index contributed by atoms with van der Waals surface area (Å²) < 4.78 is 5.76. The quantitative estimate of drug-likeness (QED) is 0.643. The van der Waals surface area contributed by atoms with E-state index < -0.39 is 0 Å². The van der Waals surface area contributed by atoms with Crippen LogP contribution in [0.5, 0.6) is 5.75 Å². The van der Waals surface area contributed by atoms with Gasteiger partial charge in [0.25, 0.3) is 0 Å². The average molecular weight is 354 g/mol. The van der Waals surface area contributed by atoms with Gasteiger partial charge in [0.2, 0.25) is 5.91 Å². The average Bonchev–Trinajstić information content (AvgIpc) is 2.60. The van der Waals surface area contributed by atoms with Crippen LogP contribution >= 0.6 is 0 Å². The van der Waals surface area contributed by atoms with Gasteiger partial charge in [0.15, 0.2) is 0 Å². The Labute approximate surface area is 157 Å². The number of nitrogens with one attached hydrogen (secondary N) is 2. The molecule has 26 heavy (non-hydrogen) atoms. The normalized spacial score (nSPS) is 10.8. The highest BCUT2D eigenvalue weighted by atomic mass is 16.5. The molecule has 0 unspecified atom stereocenters. The summed E-state index contributed by atoms with van der Waals surface area (Å²) in [5.41, 5.74) is 2.89. The van der Waals surface area contributed by atoms with Gasteiger partial charge in [-0.3, -0.25) is 4.79 Å². The summed E-state index contributed by atoms with van der Waals surface area (Å²) in [6.07, 6.45) is 1.02. The maximum atomic E-state index is 12.3. The van der Waals surface area contributed by atoms with Crippen LogP contribution in [0.4, 0.5) is 11.4 Å². The lowest BCUT2D eigenvalue weighted by molar-refractivity contribution is -0.114. The molecule has 0 spiro atoms. The van der Waals surface area contributed by atoms with Gasteiger partial charge >= 0.3 is 0 Å². The minimum atomic E-state index is -0.0655. The number of rotatable bonds is 9. The van der Waals surface area contributed by atoms with Crippen molar-refractivity contribution in [2.75, 3.05) is 23.8 Å². The molecule has 0 aromatic heterocycles. The summed E-state index contributed by atoms with van der Waals surface area (Å²) in [5.74, 6) is 1.73. The molecular weight excluding hydrogens is 324 g/mol. The number of benzene rings is 2. The molecule has 0 radical (unpaired) electrons. The molecule has 0 fully saturated rings. The Morgan fingerprint density at radius 1 is 1.04 bits per heavy atom. The smallest absolute Gasteiger partial charge is 0.243 e.